The van der Waals surface area contributed by atoms with Crippen LogP contribution >= 0.6 is 0 Å². The van der Waals surface area contributed by atoms with Crippen LogP contribution in [0.3, 0.4) is 0 Å². The number of ether oxygens (including phenoxy) is 4. The number of fused-ring (bicyclic) bond motifs is 1. The average Bonchev–Trinajstić information content (AvgIpc) is 2.94. The predicted octanol–water partition coefficient (Wildman–Crippen LogP) is 2.81. The summed E-state index contributed by atoms with van der Waals surface area (Å²) in [5, 5.41) is 9.86. The Labute approximate surface area is 116 Å². The van der Waals surface area contributed by atoms with Crippen LogP contribution in [-0.2, 0) is 0 Å². The molecule has 3 rings (SSSR count). The Kier molecular flexibility index (Phi) is 3.02. The minimum Gasteiger partial charge on any atom is -0.504 e. The Morgan fingerprint density at radius 2 is 1.75 bits per heavy atom. The first-order chi connectivity index (χ1) is 9.72. The first-order valence-corrected chi connectivity index (χ1v) is 6.08. The van der Waals surface area contributed by atoms with Crippen LogP contribution in [0, 0.1) is 0 Å². The number of benzene rings is 2. The third-order valence-corrected chi connectivity index (χ3v) is 3.17. The van der Waals surface area contributed by atoms with E-state index in [9.17, 15) is 5.11 Å². The lowest BCUT2D eigenvalue weighted by atomic mass is 10.0. The molecule has 0 fully saturated rings. The maximum atomic E-state index is 9.86. The lowest BCUT2D eigenvalue weighted by molar-refractivity contribution is 0.171. The lowest BCUT2D eigenvalue weighted by Gasteiger charge is -2.10. The van der Waals surface area contributed by atoms with E-state index in [4.69, 9.17) is 18.9 Å². The second-order valence-corrected chi connectivity index (χ2v) is 4.30. The molecule has 2 aromatic carbocycles. The molecule has 0 unspecified atom stereocenters. The topological polar surface area (TPSA) is 57.2 Å². The Morgan fingerprint density at radius 1 is 0.950 bits per heavy atom. The van der Waals surface area contributed by atoms with Crippen LogP contribution in [0.15, 0.2) is 30.3 Å². The predicted molar refractivity (Wildman–Crippen MR) is 72.8 cm³/mol. The van der Waals surface area contributed by atoms with Gasteiger partial charge in [0.1, 0.15) is 0 Å². The summed E-state index contributed by atoms with van der Waals surface area (Å²) in [7, 11) is 3.09. The maximum absolute atomic E-state index is 9.86. The van der Waals surface area contributed by atoms with E-state index in [0.717, 1.165) is 11.1 Å². The number of rotatable bonds is 3. The molecule has 104 valence electrons. The van der Waals surface area contributed by atoms with E-state index in [1.54, 1.807) is 19.2 Å². The van der Waals surface area contributed by atoms with Crippen LogP contribution in [-0.4, -0.2) is 26.1 Å². The van der Waals surface area contributed by atoms with Gasteiger partial charge in [-0.05, 0) is 35.4 Å². The van der Waals surface area contributed by atoms with Crippen molar-refractivity contribution >= 4 is 0 Å². The fourth-order valence-electron chi connectivity index (χ4n) is 2.17. The second-order valence-electron chi connectivity index (χ2n) is 4.30. The molecule has 0 radical (unpaired) electrons. The standard InChI is InChI=1S/C15H14O5/c1-17-12-4-3-9(5-11(12)16)10-6-13(18-2)15-14(7-10)19-8-20-15/h3-7,16H,8H2,1-2H3. The Morgan fingerprint density at radius 3 is 2.45 bits per heavy atom. The molecule has 0 aliphatic carbocycles. The number of phenols is 1. The van der Waals surface area contributed by atoms with Crippen molar-refractivity contribution in [3.8, 4) is 39.9 Å². The fraction of sp³-hybridized carbons (Fsp3) is 0.200. The first kappa shape index (κ1) is 12.5. The number of methoxy groups -OCH3 is 2. The number of hydrogen-bond acceptors (Lipinski definition) is 5. The number of hydrogen-bond donors (Lipinski definition) is 1. The van der Waals surface area contributed by atoms with E-state index in [1.165, 1.54) is 7.11 Å². The maximum Gasteiger partial charge on any atom is 0.231 e. The molecule has 2 aromatic rings. The van der Waals surface area contributed by atoms with Gasteiger partial charge in [-0.15, -0.1) is 0 Å². The molecule has 20 heavy (non-hydrogen) atoms. The SMILES string of the molecule is COc1ccc(-c2cc(OC)c3c(c2)OCO3)cc1O. The van der Waals surface area contributed by atoms with Crippen molar-refractivity contribution in [1.82, 2.24) is 0 Å². The van der Waals surface area contributed by atoms with Crippen LogP contribution in [0.2, 0.25) is 0 Å². The van der Waals surface area contributed by atoms with Gasteiger partial charge in [-0.1, -0.05) is 6.07 Å². The molecular weight excluding hydrogens is 260 g/mol. The van der Waals surface area contributed by atoms with Gasteiger partial charge in [0.05, 0.1) is 14.2 Å². The zero-order chi connectivity index (χ0) is 14.1. The largest absolute Gasteiger partial charge is 0.504 e. The van der Waals surface area contributed by atoms with Gasteiger partial charge < -0.3 is 24.1 Å². The highest BCUT2D eigenvalue weighted by molar-refractivity contribution is 5.73. The molecule has 5 heteroatoms. The minimum atomic E-state index is 0.0848. The molecule has 0 saturated carbocycles. The van der Waals surface area contributed by atoms with Crippen LogP contribution in [0.25, 0.3) is 11.1 Å². The van der Waals surface area contributed by atoms with Crippen molar-refractivity contribution in [2.45, 2.75) is 0 Å². The molecule has 1 aliphatic heterocycles. The Balaban J connectivity index is 2.08. The van der Waals surface area contributed by atoms with Crippen molar-refractivity contribution in [2.75, 3.05) is 21.0 Å². The molecule has 1 heterocycles. The van der Waals surface area contributed by atoms with E-state index in [2.05, 4.69) is 0 Å². The van der Waals surface area contributed by atoms with E-state index in [1.807, 2.05) is 18.2 Å². The van der Waals surface area contributed by atoms with Crippen LogP contribution < -0.4 is 18.9 Å². The summed E-state index contributed by atoms with van der Waals surface area (Å²) in [5.74, 6) is 2.36. The zero-order valence-electron chi connectivity index (χ0n) is 11.2. The van der Waals surface area contributed by atoms with Gasteiger partial charge >= 0.3 is 0 Å². The van der Waals surface area contributed by atoms with E-state index < -0.39 is 0 Å². The van der Waals surface area contributed by atoms with Crippen LogP contribution in [0.5, 0.6) is 28.7 Å². The third-order valence-electron chi connectivity index (χ3n) is 3.17. The first-order valence-electron chi connectivity index (χ1n) is 6.08. The molecule has 5 nitrogen and oxygen atoms in total. The minimum absolute atomic E-state index is 0.0848. The van der Waals surface area contributed by atoms with Gasteiger partial charge in [-0.25, -0.2) is 0 Å². The summed E-state index contributed by atoms with van der Waals surface area (Å²) in [6, 6.07) is 8.90. The number of phenolic OH excluding ortho intramolecular Hbond substituents is 1. The van der Waals surface area contributed by atoms with Crippen molar-refractivity contribution in [3.05, 3.63) is 30.3 Å². The molecule has 0 amide bonds. The molecule has 0 bridgehead atoms. The second kappa shape index (κ2) is 4.85. The van der Waals surface area contributed by atoms with Crippen molar-refractivity contribution in [3.63, 3.8) is 0 Å². The molecule has 1 aliphatic rings. The molecule has 0 aromatic heterocycles. The summed E-state index contributed by atoms with van der Waals surface area (Å²) in [5.41, 5.74) is 1.70. The van der Waals surface area contributed by atoms with Gasteiger partial charge in [0, 0.05) is 0 Å². The fourth-order valence-corrected chi connectivity index (χ4v) is 2.17. The average molecular weight is 274 g/mol. The summed E-state index contributed by atoms with van der Waals surface area (Å²) in [4.78, 5) is 0. The summed E-state index contributed by atoms with van der Waals surface area (Å²) >= 11 is 0. The summed E-state index contributed by atoms with van der Waals surface area (Å²) in [6.45, 7) is 0.184. The van der Waals surface area contributed by atoms with Crippen LogP contribution in [0.4, 0.5) is 0 Å². The van der Waals surface area contributed by atoms with Crippen molar-refractivity contribution < 1.29 is 24.1 Å². The summed E-state index contributed by atoms with van der Waals surface area (Å²) < 4.78 is 21.1. The van der Waals surface area contributed by atoms with Crippen LogP contribution in [0.1, 0.15) is 0 Å². The van der Waals surface area contributed by atoms with Gasteiger partial charge in [-0.2, -0.15) is 0 Å². The number of aromatic hydroxyl groups is 1. The molecule has 0 atom stereocenters. The highest BCUT2D eigenvalue weighted by atomic mass is 16.7. The highest BCUT2D eigenvalue weighted by Gasteiger charge is 2.20. The highest BCUT2D eigenvalue weighted by Crippen LogP contribution is 2.44. The van der Waals surface area contributed by atoms with Gasteiger partial charge in [-0.3, -0.25) is 0 Å². The van der Waals surface area contributed by atoms with Crippen molar-refractivity contribution in [2.24, 2.45) is 0 Å². The normalized spacial score (nSPS) is 12.3. The zero-order valence-corrected chi connectivity index (χ0v) is 11.2. The lowest BCUT2D eigenvalue weighted by Crippen LogP contribution is -1.93. The van der Waals surface area contributed by atoms with E-state index in [0.29, 0.717) is 23.0 Å². The van der Waals surface area contributed by atoms with Gasteiger partial charge in [0.25, 0.3) is 0 Å². The third kappa shape index (κ3) is 1.97. The molecule has 1 N–H and O–H groups in total. The van der Waals surface area contributed by atoms with Crippen molar-refractivity contribution in [1.29, 1.82) is 0 Å². The monoisotopic (exact) mass is 274 g/mol. The quantitative estimate of drug-likeness (QED) is 0.932. The van der Waals surface area contributed by atoms with Gasteiger partial charge in [0.2, 0.25) is 12.5 Å². The van der Waals surface area contributed by atoms with Gasteiger partial charge in [0.15, 0.2) is 23.0 Å². The molecule has 0 saturated heterocycles. The molecule has 0 spiro atoms. The summed E-state index contributed by atoms with van der Waals surface area (Å²) in [6.07, 6.45) is 0. The van der Waals surface area contributed by atoms with E-state index in [-0.39, 0.29) is 12.5 Å². The Bertz CT molecular complexity index is 651. The van der Waals surface area contributed by atoms with E-state index >= 15 is 0 Å². The smallest absolute Gasteiger partial charge is 0.231 e. The Hall–Kier alpha value is -2.56. The molecular formula is C15H14O5.